The van der Waals surface area contributed by atoms with E-state index in [2.05, 4.69) is 61.3 Å². The minimum absolute atomic E-state index is 0.813. The van der Waals surface area contributed by atoms with Gasteiger partial charge in [-0.15, -0.1) is 0 Å². The Bertz CT molecular complexity index is 530. The van der Waals surface area contributed by atoms with Gasteiger partial charge in [-0.25, -0.2) is 0 Å². The molecule has 3 heteroatoms. The number of hydrogen-bond donors (Lipinski definition) is 1. The summed E-state index contributed by atoms with van der Waals surface area (Å²) in [6, 6.07) is 10.8. The van der Waals surface area contributed by atoms with Crippen molar-refractivity contribution in [2.75, 3.05) is 18.0 Å². The molecule has 0 spiro atoms. The summed E-state index contributed by atoms with van der Waals surface area (Å²) in [6.07, 6.45) is 3.02. The van der Waals surface area contributed by atoms with E-state index in [1.807, 2.05) is 6.26 Å². The fourth-order valence-corrected chi connectivity index (χ4v) is 2.34. The standard InChI is InChI=1S/C18H26N2O/c1-4-10-19-12-16-11-18(21-14-16)13-20(5-2)17-8-6-15(3)7-9-17/h6-9,11,14,19H,4-5,10,12-13H2,1-3H3. The third-order valence-electron chi connectivity index (χ3n) is 3.59. The molecule has 2 aromatic rings. The molecule has 1 aromatic heterocycles. The van der Waals surface area contributed by atoms with E-state index in [1.165, 1.54) is 16.8 Å². The van der Waals surface area contributed by atoms with E-state index in [4.69, 9.17) is 4.42 Å². The first-order valence-corrected chi connectivity index (χ1v) is 7.81. The molecule has 0 unspecified atom stereocenters. The van der Waals surface area contributed by atoms with E-state index in [0.717, 1.165) is 38.4 Å². The summed E-state index contributed by atoms with van der Waals surface area (Å²) in [6.45, 7) is 10.2. The number of rotatable bonds is 8. The van der Waals surface area contributed by atoms with Crippen LogP contribution in [0.5, 0.6) is 0 Å². The van der Waals surface area contributed by atoms with Gasteiger partial charge in [0.05, 0.1) is 12.8 Å². The van der Waals surface area contributed by atoms with Crippen molar-refractivity contribution in [2.24, 2.45) is 0 Å². The average Bonchev–Trinajstić information content (AvgIpc) is 2.94. The molecule has 1 aromatic carbocycles. The zero-order chi connectivity index (χ0) is 15.1. The monoisotopic (exact) mass is 286 g/mol. The summed E-state index contributed by atoms with van der Waals surface area (Å²) < 4.78 is 5.69. The number of hydrogen-bond acceptors (Lipinski definition) is 3. The smallest absolute Gasteiger partial charge is 0.123 e. The maximum absolute atomic E-state index is 5.69. The highest BCUT2D eigenvalue weighted by molar-refractivity contribution is 5.47. The molecule has 0 saturated heterocycles. The lowest BCUT2D eigenvalue weighted by atomic mass is 10.2. The maximum Gasteiger partial charge on any atom is 0.123 e. The van der Waals surface area contributed by atoms with Gasteiger partial charge in [0.2, 0.25) is 0 Å². The average molecular weight is 286 g/mol. The van der Waals surface area contributed by atoms with Crippen molar-refractivity contribution in [3.05, 3.63) is 53.5 Å². The number of nitrogens with one attached hydrogen (secondary N) is 1. The molecule has 0 bridgehead atoms. The van der Waals surface area contributed by atoms with Gasteiger partial charge < -0.3 is 14.6 Å². The molecule has 0 amide bonds. The Morgan fingerprint density at radius 1 is 1.14 bits per heavy atom. The van der Waals surface area contributed by atoms with E-state index in [-0.39, 0.29) is 0 Å². The summed E-state index contributed by atoms with van der Waals surface area (Å²) in [4.78, 5) is 2.32. The van der Waals surface area contributed by atoms with Crippen molar-refractivity contribution < 1.29 is 4.42 Å². The SMILES string of the molecule is CCCNCc1coc(CN(CC)c2ccc(C)cc2)c1. The molecule has 0 aliphatic rings. The molecule has 21 heavy (non-hydrogen) atoms. The van der Waals surface area contributed by atoms with E-state index < -0.39 is 0 Å². The van der Waals surface area contributed by atoms with E-state index in [1.54, 1.807) is 0 Å². The van der Waals surface area contributed by atoms with Gasteiger partial charge in [0.25, 0.3) is 0 Å². The molecule has 1 heterocycles. The summed E-state index contributed by atoms with van der Waals surface area (Å²) in [7, 11) is 0. The van der Waals surface area contributed by atoms with Crippen LogP contribution in [0.4, 0.5) is 5.69 Å². The van der Waals surface area contributed by atoms with Crippen LogP contribution in [0.2, 0.25) is 0 Å². The lowest BCUT2D eigenvalue weighted by Crippen LogP contribution is -2.21. The zero-order valence-electron chi connectivity index (χ0n) is 13.4. The first-order chi connectivity index (χ1) is 10.2. The molecule has 0 fully saturated rings. The van der Waals surface area contributed by atoms with Gasteiger partial charge in [-0.3, -0.25) is 0 Å². The molecule has 0 atom stereocenters. The number of nitrogens with zero attached hydrogens (tertiary/aromatic N) is 1. The van der Waals surface area contributed by atoms with Gasteiger partial charge in [-0.05, 0) is 45.0 Å². The summed E-state index contributed by atoms with van der Waals surface area (Å²) in [5.41, 5.74) is 3.75. The highest BCUT2D eigenvalue weighted by atomic mass is 16.3. The van der Waals surface area contributed by atoms with Gasteiger partial charge in [-0.1, -0.05) is 24.6 Å². The topological polar surface area (TPSA) is 28.4 Å². The minimum Gasteiger partial charge on any atom is -0.467 e. The van der Waals surface area contributed by atoms with E-state index >= 15 is 0 Å². The lowest BCUT2D eigenvalue weighted by Gasteiger charge is -2.22. The van der Waals surface area contributed by atoms with Crippen LogP contribution in [0.3, 0.4) is 0 Å². The Hall–Kier alpha value is -1.74. The van der Waals surface area contributed by atoms with Gasteiger partial charge >= 0.3 is 0 Å². The van der Waals surface area contributed by atoms with Crippen molar-refractivity contribution in [2.45, 2.75) is 40.3 Å². The lowest BCUT2D eigenvalue weighted by molar-refractivity contribution is 0.501. The minimum atomic E-state index is 0.813. The van der Waals surface area contributed by atoms with Gasteiger partial charge in [-0.2, -0.15) is 0 Å². The second-order valence-electron chi connectivity index (χ2n) is 5.45. The van der Waals surface area contributed by atoms with Crippen molar-refractivity contribution in [1.82, 2.24) is 5.32 Å². The van der Waals surface area contributed by atoms with Gasteiger partial charge in [0, 0.05) is 24.3 Å². The maximum atomic E-state index is 5.69. The summed E-state index contributed by atoms with van der Waals surface area (Å²) in [5, 5.41) is 3.40. The molecule has 1 N–H and O–H groups in total. The number of anilines is 1. The second kappa shape index (κ2) is 7.89. The Balaban J connectivity index is 1.97. The first kappa shape index (κ1) is 15.6. The van der Waals surface area contributed by atoms with Crippen molar-refractivity contribution in [3.8, 4) is 0 Å². The van der Waals surface area contributed by atoms with Crippen molar-refractivity contribution >= 4 is 5.69 Å². The Morgan fingerprint density at radius 3 is 2.57 bits per heavy atom. The van der Waals surface area contributed by atoms with Crippen LogP contribution in [-0.2, 0) is 13.1 Å². The van der Waals surface area contributed by atoms with Crippen LogP contribution in [0.15, 0.2) is 41.0 Å². The first-order valence-electron chi connectivity index (χ1n) is 7.81. The van der Waals surface area contributed by atoms with Crippen LogP contribution in [-0.4, -0.2) is 13.1 Å². The van der Waals surface area contributed by atoms with E-state index in [9.17, 15) is 0 Å². The molecule has 0 aliphatic carbocycles. The Morgan fingerprint density at radius 2 is 1.90 bits per heavy atom. The molecule has 0 saturated carbocycles. The molecular weight excluding hydrogens is 260 g/mol. The highest BCUT2D eigenvalue weighted by Crippen LogP contribution is 2.19. The summed E-state index contributed by atoms with van der Waals surface area (Å²) >= 11 is 0. The largest absolute Gasteiger partial charge is 0.467 e. The Labute approximate surface area is 128 Å². The predicted molar refractivity (Wildman–Crippen MR) is 88.6 cm³/mol. The molecule has 0 aliphatic heterocycles. The fourth-order valence-electron chi connectivity index (χ4n) is 2.34. The zero-order valence-corrected chi connectivity index (χ0v) is 13.4. The summed E-state index contributed by atoms with van der Waals surface area (Å²) in [5.74, 6) is 1.02. The van der Waals surface area contributed by atoms with Crippen molar-refractivity contribution in [1.29, 1.82) is 0 Å². The molecule has 0 radical (unpaired) electrons. The third-order valence-corrected chi connectivity index (χ3v) is 3.59. The third kappa shape index (κ3) is 4.64. The number of benzene rings is 1. The van der Waals surface area contributed by atoms with Crippen LogP contribution < -0.4 is 10.2 Å². The number of furan rings is 1. The van der Waals surface area contributed by atoms with Gasteiger partial charge in [0.15, 0.2) is 0 Å². The quantitative estimate of drug-likeness (QED) is 0.740. The van der Waals surface area contributed by atoms with Crippen LogP contribution >= 0.6 is 0 Å². The molecule has 114 valence electrons. The number of aryl methyl sites for hydroxylation is 1. The fraction of sp³-hybridized carbons (Fsp3) is 0.444. The Kier molecular flexibility index (Phi) is 5.88. The highest BCUT2D eigenvalue weighted by Gasteiger charge is 2.08. The molecule has 3 nitrogen and oxygen atoms in total. The molecular formula is C18H26N2O. The van der Waals surface area contributed by atoms with Crippen LogP contribution in [0.25, 0.3) is 0 Å². The van der Waals surface area contributed by atoms with Crippen molar-refractivity contribution in [3.63, 3.8) is 0 Å². The normalized spacial score (nSPS) is 10.8. The second-order valence-corrected chi connectivity index (χ2v) is 5.45. The van der Waals surface area contributed by atoms with Crippen LogP contribution in [0, 0.1) is 6.92 Å². The van der Waals surface area contributed by atoms with Gasteiger partial charge in [0.1, 0.15) is 5.76 Å². The van der Waals surface area contributed by atoms with Crippen LogP contribution in [0.1, 0.15) is 37.2 Å². The molecule has 2 rings (SSSR count). The predicted octanol–water partition coefficient (Wildman–Crippen LogP) is 4.11. The van der Waals surface area contributed by atoms with E-state index in [0.29, 0.717) is 0 Å².